The van der Waals surface area contributed by atoms with Crippen molar-refractivity contribution in [3.05, 3.63) is 29.3 Å². The van der Waals surface area contributed by atoms with Gasteiger partial charge in [0.25, 0.3) is 0 Å². The normalized spacial score (nSPS) is 17.0. The number of nitrogens with one attached hydrogen (secondary N) is 1. The van der Waals surface area contributed by atoms with Gasteiger partial charge in [-0.2, -0.15) is 0 Å². The predicted molar refractivity (Wildman–Crippen MR) is 80.5 cm³/mol. The van der Waals surface area contributed by atoms with Gasteiger partial charge in [0, 0.05) is 12.1 Å². The Morgan fingerprint density at radius 3 is 2.19 bits per heavy atom. The summed E-state index contributed by atoms with van der Waals surface area (Å²) in [6, 6.07) is 2.72. The highest BCUT2D eigenvalue weighted by molar-refractivity contribution is 5.31. The van der Waals surface area contributed by atoms with E-state index >= 15 is 0 Å². The van der Waals surface area contributed by atoms with Crippen molar-refractivity contribution in [1.29, 1.82) is 0 Å². The van der Waals surface area contributed by atoms with Crippen LogP contribution in [0.1, 0.15) is 58.4 Å². The highest BCUT2D eigenvalue weighted by Gasteiger charge is 2.20. The zero-order valence-electron chi connectivity index (χ0n) is 13.1. The standard InChI is InChI=1S/C17H25F2NO/c1-17(2,3)20-11-12-9-14(18)16(15(19)10-12)21-13-7-5-4-6-8-13/h9-10,13,20H,4-8,11H2,1-3H3. The largest absolute Gasteiger partial charge is 0.484 e. The molecule has 1 aromatic rings. The molecule has 1 aliphatic rings. The van der Waals surface area contributed by atoms with Crippen LogP contribution < -0.4 is 10.1 Å². The van der Waals surface area contributed by atoms with Crippen molar-refractivity contribution in [3.8, 4) is 5.75 Å². The Balaban J connectivity index is 2.05. The average molecular weight is 297 g/mol. The third-order valence-electron chi connectivity index (χ3n) is 3.72. The minimum atomic E-state index is -0.605. The first-order valence-electron chi connectivity index (χ1n) is 7.75. The fourth-order valence-electron chi connectivity index (χ4n) is 2.54. The lowest BCUT2D eigenvalue weighted by molar-refractivity contribution is 0.142. The zero-order valence-corrected chi connectivity index (χ0v) is 13.1. The lowest BCUT2D eigenvalue weighted by Crippen LogP contribution is -2.35. The number of ether oxygens (including phenoxy) is 1. The maximum absolute atomic E-state index is 14.1. The average Bonchev–Trinajstić information content (AvgIpc) is 2.41. The number of halogens is 2. The highest BCUT2D eigenvalue weighted by atomic mass is 19.1. The first-order chi connectivity index (χ1) is 9.85. The van der Waals surface area contributed by atoms with E-state index in [1.165, 1.54) is 18.6 Å². The van der Waals surface area contributed by atoms with E-state index in [1.807, 2.05) is 20.8 Å². The third-order valence-corrected chi connectivity index (χ3v) is 3.72. The summed E-state index contributed by atoms with van der Waals surface area (Å²) < 4.78 is 33.7. The van der Waals surface area contributed by atoms with E-state index in [0.717, 1.165) is 25.7 Å². The second-order valence-electron chi connectivity index (χ2n) is 6.87. The van der Waals surface area contributed by atoms with Crippen LogP contribution in [0.2, 0.25) is 0 Å². The molecule has 0 bridgehead atoms. The van der Waals surface area contributed by atoms with E-state index in [4.69, 9.17) is 4.74 Å². The molecule has 1 saturated carbocycles. The molecule has 1 aliphatic carbocycles. The minimum Gasteiger partial charge on any atom is -0.484 e. The maximum Gasteiger partial charge on any atom is 0.191 e. The van der Waals surface area contributed by atoms with Gasteiger partial charge in [-0.25, -0.2) is 8.78 Å². The molecule has 0 amide bonds. The van der Waals surface area contributed by atoms with E-state index in [1.54, 1.807) is 0 Å². The van der Waals surface area contributed by atoms with Gasteiger partial charge in [-0.3, -0.25) is 0 Å². The first-order valence-corrected chi connectivity index (χ1v) is 7.75. The molecule has 0 unspecified atom stereocenters. The number of rotatable bonds is 4. The molecular formula is C17H25F2NO. The van der Waals surface area contributed by atoms with Gasteiger partial charge >= 0.3 is 0 Å². The monoisotopic (exact) mass is 297 g/mol. The van der Waals surface area contributed by atoms with Crippen molar-refractivity contribution >= 4 is 0 Å². The molecule has 0 aromatic heterocycles. The molecular weight excluding hydrogens is 272 g/mol. The molecule has 4 heteroatoms. The summed E-state index contributed by atoms with van der Waals surface area (Å²) in [4.78, 5) is 0. The molecule has 1 fully saturated rings. The van der Waals surface area contributed by atoms with Gasteiger partial charge < -0.3 is 10.1 Å². The lowest BCUT2D eigenvalue weighted by Gasteiger charge is -2.24. The molecule has 1 aromatic carbocycles. The third kappa shape index (κ3) is 4.95. The molecule has 2 rings (SSSR count). The summed E-state index contributed by atoms with van der Waals surface area (Å²) in [5, 5.41) is 3.22. The Morgan fingerprint density at radius 2 is 1.67 bits per heavy atom. The predicted octanol–water partition coefficient (Wildman–Crippen LogP) is 4.56. The number of hydrogen-bond donors (Lipinski definition) is 1. The van der Waals surface area contributed by atoms with Crippen LogP contribution in [-0.4, -0.2) is 11.6 Å². The second kappa shape index (κ2) is 6.73. The topological polar surface area (TPSA) is 21.3 Å². The van der Waals surface area contributed by atoms with Crippen molar-refractivity contribution in [2.75, 3.05) is 0 Å². The molecule has 0 saturated heterocycles. The van der Waals surface area contributed by atoms with Crippen molar-refractivity contribution in [1.82, 2.24) is 5.32 Å². The smallest absolute Gasteiger partial charge is 0.191 e. The van der Waals surface area contributed by atoms with Gasteiger partial charge in [-0.1, -0.05) is 6.42 Å². The van der Waals surface area contributed by atoms with Crippen LogP contribution in [0.4, 0.5) is 8.78 Å². The van der Waals surface area contributed by atoms with Crippen LogP contribution >= 0.6 is 0 Å². The fraction of sp³-hybridized carbons (Fsp3) is 0.647. The van der Waals surface area contributed by atoms with Gasteiger partial charge in [0.15, 0.2) is 17.4 Å². The Morgan fingerprint density at radius 1 is 1.10 bits per heavy atom. The van der Waals surface area contributed by atoms with Crippen LogP contribution in [0, 0.1) is 11.6 Å². The van der Waals surface area contributed by atoms with Crippen LogP contribution in [0.15, 0.2) is 12.1 Å². The maximum atomic E-state index is 14.1. The number of benzene rings is 1. The molecule has 118 valence electrons. The van der Waals surface area contributed by atoms with Gasteiger partial charge in [0.2, 0.25) is 0 Å². The van der Waals surface area contributed by atoms with E-state index in [2.05, 4.69) is 5.32 Å². The van der Waals surface area contributed by atoms with Crippen molar-refractivity contribution in [2.45, 2.75) is 71.1 Å². The van der Waals surface area contributed by atoms with Gasteiger partial charge in [0.1, 0.15) is 0 Å². The van der Waals surface area contributed by atoms with Crippen molar-refractivity contribution < 1.29 is 13.5 Å². The van der Waals surface area contributed by atoms with E-state index in [-0.39, 0.29) is 17.4 Å². The van der Waals surface area contributed by atoms with E-state index in [0.29, 0.717) is 12.1 Å². The van der Waals surface area contributed by atoms with E-state index in [9.17, 15) is 8.78 Å². The molecule has 0 spiro atoms. The zero-order chi connectivity index (χ0) is 15.5. The summed E-state index contributed by atoms with van der Waals surface area (Å²) in [5.41, 5.74) is 0.500. The van der Waals surface area contributed by atoms with Gasteiger partial charge in [-0.15, -0.1) is 0 Å². The minimum absolute atomic E-state index is 0.0544. The Labute approximate surface area is 125 Å². The SMILES string of the molecule is CC(C)(C)NCc1cc(F)c(OC2CCCCC2)c(F)c1. The summed E-state index contributed by atoms with van der Waals surface area (Å²) in [7, 11) is 0. The van der Waals surface area contributed by atoms with Crippen LogP contribution in [0.5, 0.6) is 5.75 Å². The summed E-state index contributed by atoms with van der Waals surface area (Å²) in [5.74, 6) is -1.43. The number of hydrogen-bond acceptors (Lipinski definition) is 2. The molecule has 0 aliphatic heterocycles. The van der Waals surface area contributed by atoms with E-state index < -0.39 is 11.6 Å². The Kier molecular flexibility index (Phi) is 5.20. The lowest BCUT2D eigenvalue weighted by atomic mass is 9.98. The molecule has 0 heterocycles. The second-order valence-corrected chi connectivity index (χ2v) is 6.87. The van der Waals surface area contributed by atoms with Crippen molar-refractivity contribution in [3.63, 3.8) is 0 Å². The summed E-state index contributed by atoms with van der Waals surface area (Å²) >= 11 is 0. The van der Waals surface area contributed by atoms with Crippen LogP contribution in [0.3, 0.4) is 0 Å². The molecule has 2 nitrogen and oxygen atoms in total. The van der Waals surface area contributed by atoms with Crippen LogP contribution in [-0.2, 0) is 6.54 Å². The fourth-order valence-corrected chi connectivity index (χ4v) is 2.54. The highest BCUT2D eigenvalue weighted by Crippen LogP contribution is 2.28. The van der Waals surface area contributed by atoms with Gasteiger partial charge in [-0.05, 0) is 64.2 Å². The molecule has 0 radical (unpaired) electrons. The molecule has 1 N–H and O–H groups in total. The summed E-state index contributed by atoms with van der Waals surface area (Å²) in [6.07, 6.45) is 5.03. The van der Waals surface area contributed by atoms with Crippen molar-refractivity contribution in [2.24, 2.45) is 0 Å². The Hall–Kier alpha value is -1.16. The Bertz CT molecular complexity index is 453. The quantitative estimate of drug-likeness (QED) is 0.879. The molecule has 21 heavy (non-hydrogen) atoms. The van der Waals surface area contributed by atoms with Gasteiger partial charge in [0.05, 0.1) is 6.10 Å². The molecule has 0 atom stereocenters. The summed E-state index contributed by atoms with van der Waals surface area (Å²) in [6.45, 7) is 6.47. The first kappa shape index (κ1) is 16.2. The van der Waals surface area contributed by atoms with Crippen LogP contribution in [0.25, 0.3) is 0 Å².